The Kier molecular flexibility index (Phi) is 7.23. The number of nitrogens with one attached hydrogen (secondary N) is 1. The minimum absolute atomic E-state index is 0.0397. The van der Waals surface area contributed by atoms with Crippen LogP contribution in [0.1, 0.15) is 48.1 Å². The number of hydrogen-bond acceptors (Lipinski definition) is 5. The predicted octanol–water partition coefficient (Wildman–Crippen LogP) is 5.93. The van der Waals surface area contributed by atoms with Crippen LogP contribution in [-0.4, -0.2) is 47.0 Å². The van der Waals surface area contributed by atoms with E-state index >= 15 is 0 Å². The highest BCUT2D eigenvalue weighted by Crippen LogP contribution is 2.24. The Morgan fingerprint density at radius 1 is 1.06 bits per heavy atom. The van der Waals surface area contributed by atoms with Crippen LogP contribution in [0.2, 0.25) is 0 Å². The highest BCUT2D eigenvalue weighted by Gasteiger charge is 2.25. The van der Waals surface area contributed by atoms with Crippen LogP contribution < -0.4 is 10.2 Å². The van der Waals surface area contributed by atoms with Crippen LogP contribution in [0.15, 0.2) is 85.1 Å². The average molecular weight is 480 g/mol. The molecule has 1 aromatic heterocycles. The summed E-state index contributed by atoms with van der Waals surface area (Å²) < 4.78 is 0. The number of carbonyl (C=O) groups excluding carboxylic acids is 1. The number of hydrogen-bond donors (Lipinski definition) is 1. The van der Waals surface area contributed by atoms with Crippen molar-refractivity contribution in [2.24, 2.45) is 0 Å². The lowest BCUT2D eigenvalue weighted by atomic mass is 10.1. The third-order valence-electron chi connectivity index (χ3n) is 7.16. The zero-order chi connectivity index (χ0) is 24.9. The molecule has 1 fully saturated rings. The number of benzene rings is 3. The second-order valence-electron chi connectivity index (χ2n) is 9.60. The number of rotatable bonds is 8. The minimum atomic E-state index is -0.0397. The Labute approximate surface area is 213 Å². The number of likely N-dealkylation sites (tertiary alicyclic amines) is 1. The molecule has 3 aromatic carbocycles. The smallest absolute Gasteiger partial charge is 0.259 e. The van der Waals surface area contributed by atoms with Gasteiger partial charge in [-0.1, -0.05) is 60.7 Å². The molecule has 1 aliphatic rings. The maximum absolute atomic E-state index is 13.9. The molecule has 0 bridgehead atoms. The molecule has 1 unspecified atom stereocenters. The van der Waals surface area contributed by atoms with Gasteiger partial charge in [0.1, 0.15) is 5.82 Å². The van der Waals surface area contributed by atoms with E-state index in [1.165, 1.54) is 12.8 Å². The Hall–Kier alpha value is -3.77. The van der Waals surface area contributed by atoms with Crippen LogP contribution in [0.5, 0.6) is 0 Å². The SMILES string of the molecule is C[C@@H](Nc1nccc(N(CCC2CCCN2C)C(=O)c2ccc3ccccc3c2)n1)c1ccccc1. The van der Waals surface area contributed by atoms with Crippen LogP contribution >= 0.6 is 0 Å². The molecular formula is C30H33N5O. The van der Waals surface area contributed by atoms with Crippen molar-refractivity contribution < 1.29 is 4.79 Å². The molecule has 36 heavy (non-hydrogen) atoms. The van der Waals surface area contributed by atoms with E-state index in [1.54, 1.807) is 6.20 Å². The fourth-order valence-electron chi connectivity index (χ4n) is 5.01. The molecule has 1 aliphatic heterocycles. The molecule has 2 atom stereocenters. The topological polar surface area (TPSA) is 61.4 Å². The molecule has 2 heterocycles. The Bertz CT molecular complexity index is 1330. The molecule has 4 aromatic rings. The molecule has 1 saturated heterocycles. The molecule has 0 aliphatic carbocycles. The quantitative estimate of drug-likeness (QED) is 0.339. The molecule has 0 spiro atoms. The first-order chi connectivity index (χ1) is 17.6. The second-order valence-corrected chi connectivity index (χ2v) is 9.60. The fraction of sp³-hybridized carbons (Fsp3) is 0.300. The van der Waals surface area contributed by atoms with Gasteiger partial charge < -0.3 is 10.2 Å². The van der Waals surface area contributed by atoms with Gasteiger partial charge in [-0.05, 0) is 74.3 Å². The molecular weight excluding hydrogens is 446 g/mol. The van der Waals surface area contributed by atoms with Crippen molar-refractivity contribution in [3.8, 4) is 0 Å². The van der Waals surface area contributed by atoms with Crippen molar-refractivity contribution in [1.29, 1.82) is 0 Å². The van der Waals surface area contributed by atoms with Crippen molar-refractivity contribution in [2.45, 2.75) is 38.3 Å². The van der Waals surface area contributed by atoms with Crippen molar-refractivity contribution in [3.05, 3.63) is 96.2 Å². The van der Waals surface area contributed by atoms with E-state index in [0.717, 1.165) is 29.3 Å². The first-order valence-corrected chi connectivity index (χ1v) is 12.7. The number of anilines is 2. The standard InChI is InChI=1S/C30H33N5O/c1-22(23-9-4-3-5-10-23)32-30-31-18-16-28(33-30)35(20-17-27-13-8-19-34(27)2)29(36)26-15-14-24-11-6-7-12-25(24)21-26/h3-7,9-12,14-16,18,21-22,27H,8,13,17,19-20H2,1-2H3,(H,31,32,33)/t22-,27?/m1/s1. The Morgan fingerprint density at radius 3 is 2.61 bits per heavy atom. The summed E-state index contributed by atoms with van der Waals surface area (Å²) in [7, 11) is 2.17. The fourth-order valence-corrected chi connectivity index (χ4v) is 5.01. The van der Waals surface area contributed by atoms with Crippen molar-refractivity contribution in [1.82, 2.24) is 14.9 Å². The van der Waals surface area contributed by atoms with E-state index in [0.29, 0.717) is 29.9 Å². The maximum atomic E-state index is 13.9. The van der Waals surface area contributed by atoms with Gasteiger partial charge in [-0.2, -0.15) is 4.98 Å². The van der Waals surface area contributed by atoms with Gasteiger partial charge >= 0.3 is 0 Å². The van der Waals surface area contributed by atoms with Crippen LogP contribution in [0.4, 0.5) is 11.8 Å². The summed E-state index contributed by atoms with van der Waals surface area (Å²) >= 11 is 0. The maximum Gasteiger partial charge on any atom is 0.259 e. The summed E-state index contributed by atoms with van der Waals surface area (Å²) in [4.78, 5) is 27.3. The van der Waals surface area contributed by atoms with E-state index in [1.807, 2.05) is 65.6 Å². The third kappa shape index (κ3) is 5.39. The number of fused-ring (bicyclic) bond motifs is 1. The summed E-state index contributed by atoms with van der Waals surface area (Å²) in [6.07, 6.45) is 5.01. The number of amides is 1. The van der Waals surface area contributed by atoms with Crippen molar-refractivity contribution >= 4 is 28.4 Å². The molecule has 0 radical (unpaired) electrons. The van der Waals surface area contributed by atoms with Crippen molar-refractivity contribution in [2.75, 3.05) is 30.4 Å². The lowest BCUT2D eigenvalue weighted by Crippen LogP contribution is -2.36. The Balaban J connectivity index is 1.42. The lowest BCUT2D eigenvalue weighted by Gasteiger charge is -2.26. The average Bonchev–Trinajstić information content (AvgIpc) is 3.33. The normalized spacial score (nSPS) is 16.7. The summed E-state index contributed by atoms with van der Waals surface area (Å²) in [5.74, 6) is 1.09. The molecule has 184 valence electrons. The second kappa shape index (κ2) is 10.9. The van der Waals surface area contributed by atoms with Gasteiger partial charge in [-0.25, -0.2) is 4.98 Å². The van der Waals surface area contributed by atoms with Gasteiger partial charge in [-0.3, -0.25) is 9.69 Å². The van der Waals surface area contributed by atoms with E-state index in [2.05, 4.69) is 47.4 Å². The highest BCUT2D eigenvalue weighted by molar-refractivity contribution is 6.07. The molecule has 0 saturated carbocycles. The van der Waals surface area contributed by atoms with Gasteiger partial charge in [0.2, 0.25) is 5.95 Å². The molecule has 1 amide bonds. The monoisotopic (exact) mass is 479 g/mol. The number of aromatic nitrogens is 2. The molecule has 1 N–H and O–H groups in total. The van der Waals surface area contributed by atoms with Crippen molar-refractivity contribution in [3.63, 3.8) is 0 Å². The number of carbonyl (C=O) groups is 1. The van der Waals surface area contributed by atoms with Crippen LogP contribution in [0.3, 0.4) is 0 Å². The third-order valence-corrected chi connectivity index (χ3v) is 7.16. The highest BCUT2D eigenvalue weighted by atomic mass is 16.2. The largest absolute Gasteiger partial charge is 0.348 e. The molecule has 5 rings (SSSR count). The van der Waals surface area contributed by atoms with Crippen LogP contribution in [0, 0.1) is 0 Å². The minimum Gasteiger partial charge on any atom is -0.348 e. The zero-order valence-corrected chi connectivity index (χ0v) is 21.0. The summed E-state index contributed by atoms with van der Waals surface area (Å²) in [5.41, 5.74) is 1.82. The first kappa shape index (κ1) is 23.9. The van der Waals surface area contributed by atoms with E-state index in [9.17, 15) is 4.79 Å². The lowest BCUT2D eigenvalue weighted by molar-refractivity contribution is 0.0984. The van der Waals surface area contributed by atoms with Gasteiger partial charge in [-0.15, -0.1) is 0 Å². The molecule has 6 nitrogen and oxygen atoms in total. The Morgan fingerprint density at radius 2 is 1.83 bits per heavy atom. The summed E-state index contributed by atoms with van der Waals surface area (Å²) in [6.45, 7) is 3.80. The van der Waals surface area contributed by atoms with E-state index in [-0.39, 0.29) is 11.9 Å². The number of nitrogens with zero attached hydrogens (tertiary/aromatic N) is 4. The first-order valence-electron chi connectivity index (χ1n) is 12.7. The van der Waals surface area contributed by atoms with Gasteiger partial charge in [0.25, 0.3) is 5.91 Å². The summed E-state index contributed by atoms with van der Waals surface area (Å²) in [5, 5.41) is 5.57. The zero-order valence-electron chi connectivity index (χ0n) is 21.0. The van der Waals surface area contributed by atoms with E-state index < -0.39 is 0 Å². The van der Waals surface area contributed by atoms with Gasteiger partial charge in [0.05, 0.1) is 6.04 Å². The van der Waals surface area contributed by atoms with Crippen LogP contribution in [0.25, 0.3) is 10.8 Å². The van der Waals surface area contributed by atoms with Gasteiger partial charge in [0, 0.05) is 24.3 Å². The van der Waals surface area contributed by atoms with E-state index in [4.69, 9.17) is 4.98 Å². The molecule has 6 heteroatoms. The van der Waals surface area contributed by atoms with Crippen LogP contribution in [-0.2, 0) is 0 Å². The predicted molar refractivity (Wildman–Crippen MR) is 146 cm³/mol. The summed E-state index contributed by atoms with van der Waals surface area (Å²) in [6, 6.07) is 26.6. The van der Waals surface area contributed by atoms with Gasteiger partial charge in [0.15, 0.2) is 0 Å².